The molecule has 2 atom stereocenters. The van der Waals surface area contributed by atoms with Crippen molar-refractivity contribution in [1.29, 1.82) is 0 Å². The van der Waals surface area contributed by atoms with Crippen molar-refractivity contribution in [1.82, 2.24) is 5.32 Å². The maximum absolute atomic E-state index is 5.52. The molecular weight excluding hydrogens is 248 g/mol. The molecule has 2 unspecified atom stereocenters. The van der Waals surface area contributed by atoms with Crippen LogP contribution in [-0.4, -0.2) is 31.8 Å². The molecule has 1 fully saturated rings. The number of nitrogens with one attached hydrogen (secondary N) is 1. The molecule has 1 aromatic rings. The first kappa shape index (κ1) is 15.2. The minimum atomic E-state index is 0.538. The summed E-state index contributed by atoms with van der Waals surface area (Å²) in [5.41, 5.74) is 1.30. The third kappa shape index (κ3) is 3.89. The van der Waals surface area contributed by atoms with Crippen LogP contribution in [0.2, 0.25) is 0 Å². The quantitative estimate of drug-likeness (QED) is 0.893. The predicted octanol–water partition coefficient (Wildman–Crippen LogP) is 3.30. The second-order valence-corrected chi connectivity index (χ2v) is 6.16. The van der Waals surface area contributed by atoms with E-state index in [9.17, 15) is 0 Å². The fourth-order valence-electron chi connectivity index (χ4n) is 2.92. The Kier molecular flexibility index (Phi) is 5.30. The zero-order chi connectivity index (χ0) is 14.5. The van der Waals surface area contributed by atoms with Crippen LogP contribution in [0.4, 0.5) is 5.69 Å². The van der Waals surface area contributed by atoms with E-state index >= 15 is 0 Å². The van der Waals surface area contributed by atoms with E-state index < -0.39 is 0 Å². The highest BCUT2D eigenvalue weighted by molar-refractivity contribution is 5.50. The molecule has 1 aliphatic heterocycles. The van der Waals surface area contributed by atoms with Gasteiger partial charge in [0.05, 0.1) is 6.61 Å². The molecule has 20 heavy (non-hydrogen) atoms. The van der Waals surface area contributed by atoms with E-state index in [0.717, 1.165) is 31.4 Å². The van der Waals surface area contributed by atoms with Gasteiger partial charge in [0, 0.05) is 30.9 Å². The molecule has 0 aromatic heterocycles. The van der Waals surface area contributed by atoms with Crippen LogP contribution in [-0.2, 0) is 0 Å². The third-order valence-corrected chi connectivity index (χ3v) is 3.89. The molecule has 0 saturated carbocycles. The minimum absolute atomic E-state index is 0.538. The molecule has 0 spiro atoms. The first-order chi connectivity index (χ1) is 9.60. The van der Waals surface area contributed by atoms with Crippen LogP contribution in [0.1, 0.15) is 34.1 Å². The predicted molar refractivity (Wildman–Crippen MR) is 85.7 cm³/mol. The third-order valence-electron chi connectivity index (χ3n) is 3.89. The Bertz CT molecular complexity index is 402. The lowest BCUT2D eigenvalue weighted by atomic mass is 9.99. The maximum atomic E-state index is 5.52. The van der Waals surface area contributed by atoms with Crippen molar-refractivity contribution in [3.63, 3.8) is 0 Å². The molecule has 3 nitrogen and oxygen atoms in total. The van der Waals surface area contributed by atoms with Gasteiger partial charge in [-0.2, -0.15) is 0 Å². The largest absolute Gasteiger partial charge is 0.494 e. The van der Waals surface area contributed by atoms with E-state index in [1.165, 1.54) is 12.1 Å². The van der Waals surface area contributed by atoms with Crippen molar-refractivity contribution >= 4 is 5.69 Å². The van der Waals surface area contributed by atoms with Gasteiger partial charge < -0.3 is 15.0 Å². The van der Waals surface area contributed by atoms with Gasteiger partial charge in [-0.1, -0.05) is 13.8 Å². The molecule has 1 saturated heterocycles. The molecule has 0 aliphatic carbocycles. The number of piperazine rings is 1. The van der Waals surface area contributed by atoms with Crippen molar-refractivity contribution in [2.24, 2.45) is 5.92 Å². The topological polar surface area (TPSA) is 24.5 Å². The minimum Gasteiger partial charge on any atom is -0.494 e. The maximum Gasteiger partial charge on any atom is 0.119 e. The standard InChI is InChI=1S/C17H28N2O/c1-5-20-17-8-6-16(7-9-17)19-12-15(10-13(2)3)18-11-14(19)4/h6-9,13-15,18H,5,10-12H2,1-4H3. The van der Waals surface area contributed by atoms with Crippen molar-refractivity contribution in [2.45, 2.75) is 46.2 Å². The fraction of sp³-hybridized carbons (Fsp3) is 0.647. The summed E-state index contributed by atoms with van der Waals surface area (Å²) in [6.07, 6.45) is 1.24. The van der Waals surface area contributed by atoms with Gasteiger partial charge in [0.2, 0.25) is 0 Å². The Morgan fingerprint density at radius 2 is 2.00 bits per heavy atom. The van der Waals surface area contributed by atoms with E-state index in [0.29, 0.717) is 12.1 Å². The summed E-state index contributed by atoms with van der Waals surface area (Å²) in [7, 11) is 0. The molecule has 2 rings (SSSR count). The molecule has 1 aromatic carbocycles. The number of rotatable bonds is 5. The van der Waals surface area contributed by atoms with E-state index in [2.05, 4.69) is 55.3 Å². The summed E-state index contributed by atoms with van der Waals surface area (Å²) in [5.74, 6) is 1.70. The fourth-order valence-corrected chi connectivity index (χ4v) is 2.92. The first-order valence-electron chi connectivity index (χ1n) is 7.83. The van der Waals surface area contributed by atoms with E-state index in [4.69, 9.17) is 4.74 Å². The number of ether oxygens (including phenoxy) is 1. The summed E-state index contributed by atoms with van der Waals surface area (Å²) in [5, 5.41) is 3.67. The zero-order valence-electron chi connectivity index (χ0n) is 13.2. The van der Waals surface area contributed by atoms with Gasteiger partial charge in [0.15, 0.2) is 0 Å². The number of nitrogens with zero attached hydrogens (tertiary/aromatic N) is 1. The molecule has 1 aliphatic rings. The van der Waals surface area contributed by atoms with Gasteiger partial charge in [-0.05, 0) is 50.5 Å². The van der Waals surface area contributed by atoms with E-state index in [1.54, 1.807) is 0 Å². The van der Waals surface area contributed by atoms with E-state index in [1.807, 2.05) is 6.92 Å². The molecular formula is C17H28N2O. The number of anilines is 1. The molecule has 1 N–H and O–H groups in total. The summed E-state index contributed by atoms with van der Waals surface area (Å²) >= 11 is 0. The van der Waals surface area contributed by atoms with Gasteiger partial charge in [-0.25, -0.2) is 0 Å². The summed E-state index contributed by atoms with van der Waals surface area (Å²) < 4.78 is 5.52. The van der Waals surface area contributed by atoms with Crippen LogP contribution in [0.25, 0.3) is 0 Å². The van der Waals surface area contributed by atoms with Crippen molar-refractivity contribution in [3.05, 3.63) is 24.3 Å². The normalized spacial score (nSPS) is 23.1. The van der Waals surface area contributed by atoms with Crippen LogP contribution in [0.3, 0.4) is 0 Å². The average molecular weight is 276 g/mol. The van der Waals surface area contributed by atoms with Crippen LogP contribution in [0.5, 0.6) is 5.75 Å². The zero-order valence-corrected chi connectivity index (χ0v) is 13.2. The molecule has 112 valence electrons. The number of hydrogen-bond acceptors (Lipinski definition) is 3. The lowest BCUT2D eigenvalue weighted by molar-refractivity contribution is 0.340. The van der Waals surface area contributed by atoms with Crippen LogP contribution >= 0.6 is 0 Å². The smallest absolute Gasteiger partial charge is 0.119 e. The van der Waals surface area contributed by atoms with Gasteiger partial charge in [0.1, 0.15) is 5.75 Å². The van der Waals surface area contributed by atoms with E-state index in [-0.39, 0.29) is 0 Å². The average Bonchev–Trinajstić information content (AvgIpc) is 2.42. The Balaban J connectivity index is 2.04. The number of hydrogen-bond donors (Lipinski definition) is 1. The van der Waals surface area contributed by atoms with Crippen LogP contribution < -0.4 is 15.0 Å². The highest BCUT2D eigenvalue weighted by atomic mass is 16.5. The summed E-state index contributed by atoms with van der Waals surface area (Å²) in [6, 6.07) is 9.64. The summed E-state index contributed by atoms with van der Waals surface area (Å²) in [6.45, 7) is 11.8. The molecule has 0 radical (unpaired) electrons. The van der Waals surface area contributed by atoms with Gasteiger partial charge in [-0.3, -0.25) is 0 Å². The van der Waals surface area contributed by atoms with Crippen molar-refractivity contribution < 1.29 is 4.74 Å². The van der Waals surface area contributed by atoms with Crippen LogP contribution in [0, 0.1) is 5.92 Å². The molecule has 0 amide bonds. The first-order valence-corrected chi connectivity index (χ1v) is 7.83. The monoisotopic (exact) mass is 276 g/mol. The Morgan fingerprint density at radius 3 is 2.60 bits per heavy atom. The number of benzene rings is 1. The highest BCUT2D eigenvalue weighted by Crippen LogP contribution is 2.24. The second-order valence-electron chi connectivity index (χ2n) is 6.16. The second kappa shape index (κ2) is 6.98. The Labute approximate surface area is 123 Å². The Hall–Kier alpha value is -1.22. The lowest BCUT2D eigenvalue weighted by Gasteiger charge is -2.41. The molecule has 1 heterocycles. The Morgan fingerprint density at radius 1 is 1.30 bits per heavy atom. The molecule has 3 heteroatoms. The van der Waals surface area contributed by atoms with Gasteiger partial charge in [-0.15, -0.1) is 0 Å². The van der Waals surface area contributed by atoms with Gasteiger partial charge >= 0.3 is 0 Å². The highest BCUT2D eigenvalue weighted by Gasteiger charge is 2.25. The lowest BCUT2D eigenvalue weighted by Crippen LogP contribution is -2.55. The molecule has 0 bridgehead atoms. The summed E-state index contributed by atoms with van der Waals surface area (Å²) in [4.78, 5) is 2.51. The van der Waals surface area contributed by atoms with Crippen LogP contribution in [0.15, 0.2) is 24.3 Å². The van der Waals surface area contributed by atoms with Crippen molar-refractivity contribution in [2.75, 3.05) is 24.6 Å². The van der Waals surface area contributed by atoms with Gasteiger partial charge in [0.25, 0.3) is 0 Å². The SMILES string of the molecule is CCOc1ccc(N2CC(CC(C)C)NCC2C)cc1. The van der Waals surface area contributed by atoms with Crippen molar-refractivity contribution in [3.8, 4) is 5.75 Å².